The van der Waals surface area contributed by atoms with Crippen LogP contribution in [0.25, 0.3) is 0 Å². The molecule has 2 aromatic rings. The minimum Gasteiger partial charge on any atom is -0.423 e. The molecule has 0 unspecified atom stereocenters. The SMILES string of the molecule is CCCCCCCCCCCCCCCc1ccc(C(=O)Oc2ccccc2)cc1. The molecule has 0 spiro atoms. The van der Waals surface area contributed by atoms with Crippen LogP contribution in [0.15, 0.2) is 54.6 Å². The first-order chi connectivity index (χ1) is 14.8. The molecule has 2 rings (SSSR count). The molecule has 0 saturated carbocycles. The Morgan fingerprint density at radius 1 is 0.633 bits per heavy atom. The Hall–Kier alpha value is -2.09. The van der Waals surface area contributed by atoms with Gasteiger partial charge in [0.1, 0.15) is 5.75 Å². The van der Waals surface area contributed by atoms with Crippen LogP contribution in [0.1, 0.15) is 106 Å². The Labute approximate surface area is 184 Å². The van der Waals surface area contributed by atoms with Crippen molar-refractivity contribution in [3.63, 3.8) is 0 Å². The molecule has 2 nitrogen and oxygen atoms in total. The second kappa shape index (κ2) is 15.7. The van der Waals surface area contributed by atoms with Gasteiger partial charge in [-0.25, -0.2) is 4.79 Å². The first-order valence-corrected chi connectivity index (χ1v) is 12.2. The highest BCUT2D eigenvalue weighted by atomic mass is 16.5. The highest BCUT2D eigenvalue weighted by molar-refractivity contribution is 5.91. The van der Waals surface area contributed by atoms with Crippen LogP contribution >= 0.6 is 0 Å². The Morgan fingerprint density at radius 3 is 1.67 bits per heavy atom. The number of benzene rings is 2. The van der Waals surface area contributed by atoms with Gasteiger partial charge in [-0.3, -0.25) is 0 Å². The van der Waals surface area contributed by atoms with E-state index < -0.39 is 0 Å². The fourth-order valence-corrected chi connectivity index (χ4v) is 3.81. The molecule has 0 aliphatic rings. The van der Waals surface area contributed by atoms with Gasteiger partial charge in [-0.1, -0.05) is 114 Å². The highest BCUT2D eigenvalue weighted by Crippen LogP contribution is 2.15. The molecule has 0 radical (unpaired) electrons. The van der Waals surface area contributed by atoms with Gasteiger partial charge in [0.15, 0.2) is 0 Å². The molecule has 0 N–H and O–H groups in total. The normalized spacial score (nSPS) is 10.8. The highest BCUT2D eigenvalue weighted by Gasteiger charge is 2.08. The summed E-state index contributed by atoms with van der Waals surface area (Å²) in [5.41, 5.74) is 1.90. The fraction of sp³-hybridized carbons (Fsp3) is 0.536. The lowest BCUT2D eigenvalue weighted by molar-refractivity contribution is 0.0735. The predicted molar refractivity (Wildman–Crippen MR) is 127 cm³/mol. The number of unbranched alkanes of at least 4 members (excludes halogenated alkanes) is 12. The molecular formula is C28H40O2. The molecule has 0 bridgehead atoms. The van der Waals surface area contributed by atoms with Crippen LogP contribution in [0.2, 0.25) is 0 Å². The molecule has 0 atom stereocenters. The van der Waals surface area contributed by atoms with E-state index in [1.165, 1.54) is 89.0 Å². The maximum Gasteiger partial charge on any atom is 0.343 e. The molecular weight excluding hydrogens is 368 g/mol. The van der Waals surface area contributed by atoms with Gasteiger partial charge in [0.25, 0.3) is 0 Å². The predicted octanol–water partition coefficient (Wildman–Crippen LogP) is 8.54. The van der Waals surface area contributed by atoms with E-state index in [0.717, 1.165) is 6.42 Å². The van der Waals surface area contributed by atoms with Gasteiger partial charge in [-0.05, 0) is 42.7 Å². The second-order valence-electron chi connectivity index (χ2n) is 8.39. The van der Waals surface area contributed by atoms with Crippen molar-refractivity contribution in [3.8, 4) is 5.75 Å². The largest absolute Gasteiger partial charge is 0.423 e. The van der Waals surface area contributed by atoms with Gasteiger partial charge in [0.2, 0.25) is 0 Å². The number of esters is 1. The Bertz CT molecular complexity index is 676. The molecule has 2 heteroatoms. The number of ether oxygens (including phenoxy) is 1. The number of carbonyl (C=O) groups is 1. The molecule has 0 aromatic heterocycles. The average molecular weight is 409 g/mol. The van der Waals surface area contributed by atoms with Crippen molar-refractivity contribution in [1.29, 1.82) is 0 Å². The van der Waals surface area contributed by atoms with Crippen LogP contribution in [0, 0.1) is 0 Å². The minimum absolute atomic E-state index is 0.297. The standard InChI is InChI=1S/C28H40O2/c1-2-3-4-5-6-7-8-9-10-11-12-13-15-18-25-21-23-26(24-22-25)28(29)30-27-19-16-14-17-20-27/h14,16-17,19-24H,2-13,15,18H2,1H3. The van der Waals surface area contributed by atoms with E-state index in [1.807, 2.05) is 30.3 Å². The van der Waals surface area contributed by atoms with Crippen LogP contribution in [-0.2, 0) is 6.42 Å². The van der Waals surface area contributed by atoms with E-state index in [2.05, 4.69) is 19.1 Å². The summed E-state index contributed by atoms with van der Waals surface area (Å²) < 4.78 is 5.38. The third-order valence-corrected chi connectivity index (χ3v) is 5.71. The van der Waals surface area contributed by atoms with Crippen molar-refractivity contribution in [2.75, 3.05) is 0 Å². The fourth-order valence-electron chi connectivity index (χ4n) is 3.81. The van der Waals surface area contributed by atoms with E-state index in [-0.39, 0.29) is 5.97 Å². The van der Waals surface area contributed by atoms with Gasteiger partial charge in [0, 0.05) is 0 Å². The van der Waals surface area contributed by atoms with E-state index in [0.29, 0.717) is 11.3 Å². The zero-order valence-electron chi connectivity index (χ0n) is 18.9. The second-order valence-corrected chi connectivity index (χ2v) is 8.39. The van der Waals surface area contributed by atoms with Crippen LogP contribution in [-0.4, -0.2) is 5.97 Å². The van der Waals surface area contributed by atoms with Gasteiger partial charge in [-0.15, -0.1) is 0 Å². The van der Waals surface area contributed by atoms with E-state index in [4.69, 9.17) is 4.74 Å². The van der Waals surface area contributed by atoms with Crippen molar-refractivity contribution in [3.05, 3.63) is 65.7 Å². The number of rotatable bonds is 16. The molecule has 0 heterocycles. The lowest BCUT2D eigenvalue weighted by Crippen LogP contribution is -2.08. The van der Waals surface area contributed by atoms with Gasteiger partial charge in [-0.2, -0.15) is 0 Å². The average Bonchev–Trinajstić information content (AvgIpc) is 2.78. The summed E-state index contributed by atoms with van der Waals surface area (Å²) in [5, 5.41) is 0. The molecule has 0 aliphatic carbocycles. The Kier molecular flexibility index (Phi) is 12.7. The molecule has 0 saturated heterocycles. The van der Waals surface area contributed by atoms with Crippen LogP contribution in [0.3, 0.4) is 0 Å². The van der Waals surface area contributed by atoms with E-state index in [9.17, 15) is 4.79 Å². The van der Waals surface area contributed by atoms with Gasteiger partial charge in [0.05, 0.1) is 5.56 Å². The lowest BCUT2D eigenvalue weighted by Gasteiger charge is -2.06. The number of aryl methyl sites for hydroxylation is 1. The summed E-state index contributed by atoms with van der Waals surface area (Å²) in [6, 6.07) is 17.1. The third kappa shape index (κ3) is 10.6. The lowest BCUT2D eigenvalue weighted by atomic mass is 10.0. The summed E-state index contributed by atoms with van der Waals surface area (Å²) in [5.74, 6) is 0.284. The van der Waals surface area contributed by atoms with Crippen LogP contribution in [0.5, 0.6) is 5.75 Å². The van der Waals surface area contributed by atoms with Gasteiger partial charge < -0.3 is 4.74 Å². The van der Waals surface area contributed by atoms with Crippen molar-refractivity contribution in [1.82, 2.24) is 0 Å². The zero-order chi connectivity index (χ0) is 21.3. The molecule has 30 heavy (non-hydrogen) atoms. The number of hydrogen-bond acceptors (Lipinski definition) is 2. The number of hydrogen-bond donors (Lipinski definition) is 0. The maximum atomic E-state index is 12.2. The summed E-state index contributed by atoms with van der Waals surface area (Å²) in [7, 11) is 0. The van der Waals surface area contributed by atoms with Crippen molar-refractivity contribution in [2.24, 2.45) is 0 Å². The topological polar surface area (TPSA) is 26.3 Å². The first-order valence-electron chi connectivity index (χ1n) is 12.2. The zero-order valence-corrected chi connectivity index (χ0v) is 18.9. The van der Waals surface area contributed by atoms with E-state index >= 15 is 0 Å². The summed E-state index contributed by atoms with van der Waals surface area (Å²) in [6.45, 7) is 2.28. The molecule has 164 valence electrons. The van der Waals surface area contributed by atoms with Gasteiger partial charge >= 0.3 is 5.97 Å². The summed E-state index contributed by atoms with van der Waals surface area (Å²) in [6.07, 6.45) is 19.0. The van der Waals surface area contributed by atoms with Crippen LogP contribution < -0.4 is 4.74 Å². The smallest absolute Gasteiger partial charge is 0.343 e. The van der Waals surface area contributed by atoms with E-state index in [1.54, 1.807) is 12.1 Å². The summed E-state index contributed by atoms with van der Waals surface area (Å²) >= 11 is 0. The Morgan fingerprint density at radius 2 is 1.13 bits per heavy atom. The maximum absolute atomic E-state index is 12.2. The summed E-state index contributed by atoms with van der Waals surface area (Å²) in [4.78, 5) is 12.2. The third-order valence-electron chi connectivity index (χ3n) is 5.71. The number of para-hydroxylation sites is 1. The molecule has 0 aliphatic heterocycles. The molecule has 0 fully saturated rings. The quantitative estimate of drug-likeness (QED) is 0.158. The Balaban J connectivity index is 1.48. The monoisotopic (exact) mass is 408 g/mol. The van der Waals surface area contributed by atoms with Crippen molar-refractivity contribution in [2.45, 2.75) is 96.8 Å². The minimum atomic E-state index is -0.297. The number of carbonyl (C=O) groups excluding carboxylic acids is 1. The van der Waals surface area contributed by atoms with Crippen molar-refractivity contribution >= 4 is 5.97 Å². The van der Waals surface area contributed by atoms with Crippen molar-refractivity contribution < 1.29 is 9.53 Å². The van der Waals surface area contributed by atoms with Crippen LogP contribution in [0.4, 0.5) is 0 Å². The first kappa shape index (κ1) is 24.2. The molecule has 2 aromatic carbocycles. The molecule has 0 amide bonds.